The third-order valence-electron chi connectivity index (χ3n) is 14.8. The summed E-state index contributed by atoms with van der Waals surface area (Å²) in [5, 5.41) is 25.1. The van der Waals surface area contributed by atoms with E-state index < -0.39 is 121 Å². The number of hydrogen-bond donors (Lipinski definition) is 2. The predicted molar refractivity (Wildman–Crippen MR) is 267 cm³/mol. The van der Waals surface area contributed by atoms with Crippen LogP contribution in [0.5, 0.6) is 0 Å². The van der Waals surface area contributed by atoms with Gasteiger partial charge in [0.1, 0.15) is 24.4 Å². The number of unbranched alkanes of at least 4 members (excludes halogenated alkanes) is 2. The smallest absolute Gasteiger partial charge is 0.309 e. The number of aliphatic hydroxyl groups is 2. The molecule has 4 rings (SSSR count). The number of aryl methyl sites for hydroxylation is 1. The van der Waals surface area contributed by atoms with Crippen molar-refractivity contribution >= 4 is 23.9 Å². The number of carbonyl (C=O) groups is 4. The molecule has 72 heavy (non-hydrogen) atoms. The van der Waals surface area contributed by atoms with Crippen LogP contribution in [0.2, 0.25) is 0 Å². The van der Waals surface area contributed by atoms with Crippen molar-refractivity contribution in [3.05, 3.63) is 35.9 Å². The van der Waals surface area contributed by atoms with Gasteiger partial charge in [0, 0.05) is 72.9 Å². The van der Waals surface area contributed by atoms with E-state index in [1.54, 1.807) is 27.7 Å². The number of nitrogens with zero attached hydrogens (tertiary/aromatic N) is 2. The Morgan fingerprint density at radius 1 is 0.903 bits per heavy atom. The Morgan fingerprint density at radius 2 is 1.57 bits per heavy atom. The molecule has 0 aliphatic carbocycles. The molecule has 16 atom stereocenters. The summed E-state index contributed by atoms with van der Waals surface area (Å²) in [5.74, 6) is -3.85. The maximum atomic E-state index is 14.0. The van der Waals surface area contributed by atoms with Crippen molar-refractivity contribution in [3.63, 3.8) is 0 Å². The molecule has 1 aromatic rings. The minimum Gasteiger partial charge on any atom is -0.463 e. The first-order valence-corrected chi connectivity index (χ1v) is 26.3. The van der Waals surface area contributed by atoms with Gasteiger partial charge in [-0.2, -0.15) is 0 Å². The summed E-state index contributed by atoms with van der Waals surface area (Å²) in [6.45, 7) is 15.4. The zero-order chi connectivity index (χ0) is 53.3. The van der Waals surface area contributed by atoms with Gasteiger partial charge in [0.2, 0.25) is 0 Å². The highest BCUT2D eigenvalue weighted by molar-refractivity contribution is 5.73. The summed E-state index contributed by atoms with van der Waals surface area (Å²) in [4.78, 5) is 56.5. The van der Waals surface area contributed by atoms with Gasteiger partial charge in [-0.05, 0) is 97.8 Å². The Balaban J connectivity index is 1.76. The molecule has 3 aliphatic heterocycles. The van der Waals surface area contributed by atoms with E-state index in [2.05, 4.69) is 29.2 Å². The molecule has 3 aliphatic rings. The second kappa shape index (κ2) is 29.7. The first-order chi connectivity index (χ1) is 34.2. The van der Waals surface area contributed by atoms with Crippen molar-refractivity contribution in [3.8, 4) is 0 Å². The van der Waals surface area contributed by atoms with Crippen LogP contribution in [0.25, 0.3) is 0 Å². The average molecular weight is 1020 g/mol. The Bertz CT molecular complexity index is 1790. The Kier molecular flexibility index (Phi) is 25.3. The summed E-state index contributed by atoms with van der Waals surface area (Å²) in [5.41, 5.74) is -0.0157. The van der Waals surface area contributed by atoms with Crippen LogP contribution in [0, 0.1) is 17.8 Å². The van der Waals surface area contributed by atoms with Gasteiger partial charge in [0.05, 0.1) is 43.0 Å². The monoisotopic (exact) mass is 1020 g/mol. The number of carbonyl (C=O) groups excluding carboxylic acids is 4. The molecule has 0 spiro atoms. The first-order valence-electron chi connectivity index (χ1n) is 26.3. The van der Waals surface area contributed by atoms with E-state index in [9.17, 15) is 29.4 Å². The molecule has 0 amide bonds. The molecule has 3 saturated heterocycles. The number of cyclic esters (lactones) is 1. The largest absolute Gasteiger partial charge is 0.463 e. The quantitative estimate of drug-likeness (QED) is 0.0702. The molecule has 18 nitrogen and oxygen atoms in total. The molecule has 0 unspecified atom stereocenters. The van der Waals surface area contributed by atoms with Crippen molar-refractivity contribution in [1.29, 1.82) is 0 Å². The van der Waals surface area contributed by atoms with Crippen LogP contribution in [-0.4, -0.2) is 184 Å². The fourth-order valence-electron chi connectivity index (χ4n) is 11.0. The lowest BCUT2D eigenvalue weighted by molar-refractivity contribution is -0.320. The van der Waals surface area contributed by atoms with E-state index >= 15 is 0 Å². The highest BCUT2D eigenvalue weighted by Crippen LogP contribution is 2.43. The van der Waals surface area contributed by atoms with Gasteiger partial charge in [-0.25, -0.2) is 0 Å². The molecule has 2 N–H and O–H groups in total. The van der Waals surface area contributed by atoms with E-state index in [0.29, 0.717) is 25.9 Å². The van der Waals surface area contributed by atoms with Crippen molar-refractivity contribution in [1.82, 2.24) is 9.80 Å². The van der Waals surface area contributed by atoms with Crippen molar-refractivity contribution in [2.75, 3.05) is 55.1 Å². The van der Waals surface area contributed by atoms with Gasteiger partial charge >= 0.3 is 23.9 Å². The highest BCUT2D eigenvalue weighted by atomic mass is 16.7. The van der Waals surface area contributed by atoms with Gasteiger partial charge in [-0.15, -0.1) is 0 Å². The van der Waals surface area contributed by atoms with E-state index in [1.165, 1.54) is 33.8 Å². The Hall–Kier alpha value is -3.30. The number of β-amino-alcohol motifs (C(OH)–C–C–N with tert-alkyl or cyclic N) is 1. The second-order valence-corrected chi connectivity index (χ2v) is 20.7. The maximum absolute atomic E-state index is 14.0. The molecule has 1 aromatic carbocycles. The van der Waals surface area contributed by atoms with Crippen molar-refractivity contribution in [2.24, 2.45) is 17.8 Å². The van der Waals surface area contributed by atoms with Gasteiger partial charge in [-0.3, -0.25) is 19.2 Å². The highest BCUT2D eigenvalue weighted by Gasteiger charge is 2.56. The molecule has 0 bridgehead atoms. The van der Waals surface area contributed by atoms with E-state index in [4.69, 9.17) is 47.4 Å². The van der Waals surface area contributed by atoms with Crippen LogP contribution in [0.4, 0.5) is 0 Å². The molecule has 3 fully saturated rings. The number of aliphatic hydroxyl groups excluding tert-OH is 2. The zero-order valence-corrected chi connectivity index (χ0v) is 45.5. The summed E-state index contributed by atoms with van der Waals surface area (Å²) >= 11 is 0. The first kappa shape index (κ1) is 61.2. The molecule has 18 heteroatoms. The fraction of sp³-hybridized carbons (Fsp3) is 0.815. The van der Waals surface area contributed by atoms with Crippen LogP contribution in [0.3, 0.4) is 0 Å². The minimum absolute atomic E-state index is 0.00155. The van der Waals surface area contributed by atoms with Crippen LogP contribution in [0.15, 0.2) is 30.3 Å². The SMILES string of the molecule is CCC(=O)O[C@@H]1CC(=O)O[C@H](C)CCN(CCCCCc2ccccc2)C[C@H](O)[C@H](C)C[C@H](CC(OC)OC)[C@H]([C@@H]2O[C@H](C)[C@@H](O[C@H]3C[C@@](C)(OC(C)=O)[C@@H](OC(=O)CC)[C@H](C)O3)[C@H](N(C)C)[C@H]2O)[C@@H]1OC. The third-order valence-corrected chi connectivity index (χ3v) is 14.8. The van der Waals surface area contributed by atoms with Gasteiger partial charge in [-0.1, -0.05) is 57.5 Å². The van der Waals surface area contributed by atoms with Crippen LogP contribution >= 0.6 is 0 Å². The van der Waals surface area contributed by atoms with Crippen molar-refractivity contribution < 1.29 is 76.8 Å². The number of hydrogen-bond acceptors (Lipinski definition) is 18. The van der Waals surface area contributed by atoms with Gasteiger partial charge < -0.3 is 67.4 Å². The molecular formula is C54H90N2O16. The summed E-state index contributed by atoms with van der Waals surface area (Å²) in [6, 6.07) is 9.65. The summed E-state index contributed by atoms with van der Waals surface area (Å²) in [7, 11) is 8.19. The van der Waals surface area contributed by atoms with E-state index in [0.717, 1.165) is 32.2 Å². The molecule has 3 heterocycles. The van der Waals surface area contributed by atoms with E-state index in [-0.39, 0.29) is 38.0 Å². The lowest BCUT2D eigenvalue weighted by Gasteiger charge is -2.53. The Morgan fingerprint density at radius 3 is 2.18 bits per heavy atom. The standard InChI is InChI=1S/C54H90N2O16/c1-14-42(59)69-41-30-44(61)66-34(4)25-27-56(26-21-17-20-24-38-22-18-16-19-23-38)32-40(58)33(3)28-39(29-45(63-11)64-12)47(51(41)65-13)52-49(62)48(55(9)10)50(35(5)68-52)71-46-31-54(8,72-37(7)57)53(36(6)67-46)70-43(60)15-2/h16,18-19,22-23,33-36,39-41,45-53,58,62H,14-15,17,20-21,24-32H2,1-13H3/t33-,34-,35-,36+,39-,40+,41-,46+,47+,48-,49-,50-,51-,52+,53+,54-/m1/s1. The molecule has 412 valence electrons. The number of likely N-dealkylation sites (N-methyl/N-ethyl adjacent to an activating group) is 1. The molecule has 0 aromatic heterocycles. The molecule has 0 radical (unpaired) electrons. The minimum atomic E-state index is -1.32. The lowest BCUT2D eigenvalue weighted by Crippen LogP contribution is -2.67. The summed E-state index contributed by atoms with van der Waals surface area (Å²) < 4.78 is 62.0. The lowest BCUT2D eigenvalue weighted by atomic mass is 9.70. The number of methoxy groups -OCH3 is 3. The number of esters is 4. The molecule has 0 saturated carbocycles. The van der Waals surface area contributed by atoms with Crippen molar-refractivity contribution in [2.45, 2.75) is 211 Å². The fourth-order valence-corrected chi connectivity index (χ4v) is 11.0. The molecular weight excluding hydrogens is 933 g/mol. The number of ether oxygens (including phenoxy) is 10. The van der Waals surface area contributed by atoms with E-state index in [1.807, 2.05) is 45.8 Å². The van der Waals surface area contributed by atoms with Crippen LogP contribution in [0.1, 0.15) is 125 Å². The topological polar surface area (TPSA) is 208 Å². The third kappa shape index (κ3) is 17.7. The van der Waals surface area contributed by atoms with Crippen LogP contribution in [-0.2, 0) is 73.0 Å². The second-order valence-electron chi connectivity index (χ2n) is 20.7. The Labute approximate surface area is 429 Å². The number of benzene rings is 1. The zero-order valence-electron chi connectivity index (χ0n) is 45.5. The van der Waals surface area contributed by atoms with Gasteiger partial charge in [0.25, 0.3) is 0 Å². The number of rotatable bonds is 20. The average Bonchev–Trinajstić information content (AvgIpc) is 3.32. The normalized spacial score (nSPS) is 34.7. The van der Waals surface area contributed by atoms with Gasteiger partial charge in [0.15, 0.2) is 24.3 Å². The summed E-state index contributed by atoms with van der Waals surface area (Å²) in [6.07, 6.45) is -6.01. The maximum Gasteiger partial charge on any atom is 0.309 e. The van der Waals surface area contributed by atoms with Crippen LogP contribution < -0.4 is 0 Å². The predicted octanol–water partition coefficient (Wildman–Crippen LogP) is 5.63.